The molecule has 0 fully saturated rings. The first-order valence-corrected chi connectivity index (χ1v) is 10.1. The van der Waals surface area contributed by atoms with E-state index in [-0.39, 0.29) is 17.2 Å². The van der Waals surface area contributed by atoms with Crippen LogP contribution < -0.4 is 20.1 Å². The van der Waals surface area contributed by atoms with Gasteiger partial charge in [-0.1, -0.05) is 30.3 Å². The van der Waals surface area contributed by atoms with Gasteiger partial charge in [-0.2, -0.15) is 0 Å². The van der Waals surface area contributed by atoms with Gasteiger partial charge in [-0.05, 0) is 43.9 Å². The van der Waals surface area contributed by atoms with Crippen molar-refractivity contribution in [3.05, 3.63) is 79.2 Å². The van der Waals surface area contributed by atoms with Gasteiger partial charge in [-0.25, -0.2) is 0 Å². The molecule has 0 unspecified atom stereocenters. The van der Waals surface area contributed by atoms with Crippen LogP contribution in [0.2, 0.25) is 0 Å². The molecule has 1 aromatic heterocycles. The maximum Gasteiger partial charge on any atom is 0.269 e. The maximum absolute atomic E-state index is 13.2. The van der Waals surface area contributed by atoms with Crippen molar-refractivity contribution >= 4 is 34.6 Å². The molecule has 0 saturated heterocycles. The van der Waals surface area contributed by atoms with Gasteiger partial charge in [0.25, 0.3) is 11.5 Å². The second-order valence-corrected chi connectivity index (χ2v) is 8.17. The van der Waals surface area contributed by atoms with Gasteiger partial charge < -0.3 is 15.3 Å². The van der Waals surface area contributed by atoms with Crippen LogP contribution in [0, 0.1) is 0 Å². The van der Waals surface area contributed by atoms with Crippen molar-refractivity contribution < 1.29 is 9.90 Å². The number of rotatable bonds is 4. The number of likely N-dealkylation sites (N-methyl/N-ethyl adjacent to an activating group) is 1. The number of fused-ring (bicyclic) bond motifs is 1. The average molecular weight is 407 g/mol. The summed E-state index contributed by atoms with van der Waals surface area (Å²) in [7, 11) is 3.90. The molecule has 2 N–H and O–H groups in total. The third-order valence-electron chi connectivity index (χ3n) is 4.75. The third-order valence-corrected chi connectivity index (χ3v) is 5.89. The van der Waals surface area contributed by atoms with Crippen LogP contribution in [0.5, 0.6) is 5.75 Å². The lowest BCUT2D eigenvalue weighted by atomic mass is 10.1. The van der Waals surface area contributed by atoms with Crippen molar-refractivity contribution in [3.8, 4) is 5.75 Å². The number of hydrogen-bond donors (Lipinski definition) is 2. The van der Waals surface area contributed by atoms with E-state index in [0.29, 0.717) is 27.9 Å². The molecule has 0 spiro atoms. The number of nitrogens with one attached hydrogen (secondary N) is 1. The fraction of sp³-hybridized carbons (Fsp3) is 0.182. The monoisotopic (exact) mass is 407 g/mol. The number of carbonyl (C=O) groups excluding carboxylic acids is 1. The number of carbonyl (C=O) groups is 1. The lowest BCUT2D eigenvalue weighted by Gasteiger charge is -2.10. The number of anilines is 1. The van der Waals surface area contributed by atoms with E-state index in [1.165, 1.54) is 11.3 Å². The zero-order valence-corrected chi connectivity index (χ0v) is 17.0. The highest BCUT2D eigenvalue weighted by molar-refractivity contribution is 7.07. The van der Waals surface area contributed by atoms with Crippen LogP contribution in [-0.2, 0) is 11.3 Å². The summed E-state index contributed by atoms with van der Waals surface area (Å²) >= 11 is 1.32. The first kappa shape index (κ1) is 19.2. The number of benzene rings is 2. The summed E-state index contributed by atoms with van der Waals surface area (Å²) in [5.41, 5.74) is 2.80. The lowest BCUT2D eigenvalue weighted by molar-refractivity contribution is -0.110. The van der Waals surface area contributed by atoms with Crippen molar-refractivity contribution in [2.75, 3.05) is 26.0 Å². The summed E-state index contributed by atoms with van der Waals surface area (Å²) in [5.74, 6) is -0.0190. The van der Waals surface area contributed by atoms with Crippen LogP contribution in [0.3, 0.4) is 0 Å². The molecule has 0 bridgehead atoms. The molecule has 1 amide bonds. The molecule has 1 aliphatic rings. The highest BCUT2D eigenvalue weighted by Crippen LogP contribution is 2.29. The van der Waals surface area contributed by atoms with Gasteiger partial charge in [0.15, 0.2) is 0 Å². The van der Waals surface area contributed by atoms with Crippen LogP contribution in [0.4, 0.5) is 5.69 Å². The zero-order chi connectivity index (χ0) is 20.5. The first-order chi connectivity index (χ1) is 13.9. The second-order valence-electron chi connectivity index (χ2n) is 7.14. The Morgan fingerprint density at radius 2 is 1.83 bits per heavy atom. The molecule has 148 valence electrons. The Balaban J connectivity index is 1.98. The number of thiazole rings is 1. The number of phenols is 1. The third kappa shape index (κ3) is 3.74. The number of amides is 1. The van der Waals surface area contributed by atoms with Gasteiger partial charge in [0, 0.05) is 24.3 Å². The maximum atomic E-state index is 13.2. The Labute approximate surface area is 171 Å². The highest BCUT2D eigenvalue weighted by Gasteiger charge is 2.26. The van der Waals surface area contributed by atoms with Gasteiger partial charge in [0.1, 0.15) is 10.4 Å². The number of phenolic OH excluding ortho intramolecular Hbond substituents is 1. The smallest absolute Gasteiger partial charge is 0.269 e. The number of hydrogen-bond acceptors (Lipinski definition) is 5. The summed E-state index contributed by atoms with van der Waals surface area (Å²) < 4.78 is 2.90. The predicted octanol–water partition coefficient (Wildman–Crippen LogP) is 1.16. The van der Waals surface area contributed by atoms with Gasteiger partial charge >= 0.3 is 0 Å². The molecule has 6 nitrogen and oxygen atoms in total. The largest absolute Gasteiger partial charge is 0.508 e. The Morgan fingerprint density at radius 3 is 2.55 bits per heavy atom. The summed E-state index contributed by atoms with van der Waals surface area (Å²) in [6.07, 6.45) is 1.79. The fourth-order valence-corrected chi connectivity index (χ4v) is 4.45. The lowest BCUT2D eigenvalue weighted by Crippen LogP contribution is -2.36. The minimum atomic E-state index is -0.192. The van der Waals surface area contributed by atoms with E-state index in [9.17, 15) is 14.7 Å². The van der Waals surface area contributed by atoms with E-state index in [2.05, 4.69) is 5.32 Å². The highest BCUT2D eigenvalue weighted by atomic mass is 32.1. The summed E-state index contributed by atoms with van der Waals surface area (Å²) in [4.78, 5) is 27.9. The molecule has 0 aliphatic carbocycles. The second kappa shape index (κ2) is 7.69. The fourth-order valence-electron chi connectivity index (χ4n) is 3.26. The summed E-state index contributed by atoms with van der Waals surface area (Å²) in [5, 5.41) is 12.4. The van der Waals surface area contributed by atoms with Crippen LogP contribution in [0.1, 0.15) is 11.1 Å². The zero-order valence-electron chi connectivity index (χ0n) is 16.2. The molecule has 7 heteroatoms. The Bertz CT molecular complexity index is 1250. The Kier molecular flexibility index (Phi) is 5.08. The van der Waals surface area contributed by atoms with Crippen LogP contribution >= 0.6 is 11.3 Å². The first-order valence-electron chi connectivity index (χ1n) is 9.24. The van der Waals surface area contributed by atoms with Gasteiger partial charge in [-0.15, -0.1) is 11.3 Å². The van der Waals surface area contributed by atoms with E-state index in [1.807, 2.05) is 43.3 Å². The topological polar surface area (TPSA) is 74.6 Å². The number of para-hydroxylation sites is 1. The molecular formula is C22H21N3O3S. The molecule has 1 aliphatic heterocycles. The van der Waals surface area contributed by atoms with Crippen molar-refractivity contribution in [3.63, 3.8) is 0 Å². The van der Waals surface area contributed by atoms with Gasteiger partial charge in [0.05, 0.1) is 10.1 Å². The van der Waals surface area contributed by atoms with Crippen LogP contribution in [0.25, 0.3) is 11.6 Å². The SMILES string of the molecule is CN(C)CCn1c(=O)/c(=C\c2ccc(O)cc2)s/c1=C1/C(=O)Nc2ccccc21. The standard InChI is InChI=1S/C22H21N3O3S/c1-24(2)11-12-25-21(28)18(13-14-7-9-15(26)10-8-14)29-22(25)19-16-5-3-4-6-17(16)23-20(19)27/h3-10,13,26H,11-12H2,1-2H3,(H,23,27)/b18-13+,22-19+. The molecule has 0 atom stereocenters. The van der Waals surface area contributed by atoms with Crippen molar-refractivity contribution in [2.45, 2.75) is 6.54 Å². The molecule has 3 aromatic rings. The van der Waals surface area contributed by atoms with E-state index in [4.69, 9.17) is 0 Å². The van der Waals surface area contributed by atoms with E-state index in [0.717, 1.165) is 16.8 Å². The normalized spacial score (nSPS) is 15.7. The number of aromatic hydroxyl groups is 1. The predicted molar refractivity (Wildman–Crippen MR) is 116 cm³/mol. The molecule has 4 rings (SSSR count). The summed E-state index contributed by atoms with van der Waals surface area (Å²) in [6.45, 7) is 1.17. The van der Waals surface area contributed by atoms with E-state index >= 15 is 0 Å². The quantitative estimate of drug-likeness (QED) is 0.681. The molecule has 2 heterocycles. The molecule has 2 aromatic carbocycles. The minimum Gasteiger partial charge on any atom is -0.508 e. The van der Waals surface area contributed by atoms with Gasteiger partial charge in [0.2, 0.25) is 0 Å². The molecule has 29 heavy (non-hydrogen) atoms. The Morgan fingerprint density at radius 1 is 1.10 bits per heavy atom. The molecular weight excluding hydrogens is 386 g/mol. The minimum absolute atomic E-state index is 0.121. The van der Waals surface area contributed by atoms with Crippen molar-refractivity contribution in [1.29, 1.82) is 0 Å². The number of nitrogens with zero attached hydrogens (tertiary/aromatic N) is 2. The van der Waals surface area contributed by atoms with Crippen molar-refractivity contribution in [1.82, 2.24) is 9.47 Å². The number of aromatic nitrogens is 1. The van der Waals surface area contributed by atoms with Gasteiger partial charge in [-0.3, -0.25) is 14.2 Å². The van der Waals surface area contributed by atoms with Crippen LogP contribution in [-0.4, -0.2) is 41.1 Å². The van der Waals surface area contributed by atoms with Crippen molar-refractivity contribution in [2.24, 2.45) is 0 Å². The van der Waals surface area contributed by atoms with Crippen LogP contribution in [0.15, 0.2) is 53.3 Å². The molecule has 0 saturated carbocycles. The Hall–Kier alpha value is -3.16. The van der Waals surface area contributed by atoms with E-state index in [1.54, 1.807) is 34.9 Å². The summed E-state index contributed by atoms with van der Waals surface area (Å²) in [6, 6.07) is 14.2. The van der Waals surface area contributed by atoms with E-state index < -0.39 is 0 Å². The molecule has 0 radical (unpaired) electrons. The average Bonchev–Trinajstić information content (AvgIpc) is 3.17.